The van der Waals surface area contributed by atoms with Crippen LogP contribution in [0.15, 0.2) is 71.6 Å². The molecule has 0 amide bonds. The van der Waals surface area contributed by atoms with E-state index in [1.165, 1.54) is 5.56 Å². The Morgan fingerprint density at radius 2 is 1.88 bits per heavy atom. The summed E-state index contributed by atoms with van der Waals surface area (Å²) in [6.07, 6.45) is 3.70. The molecule has 0 aliphatic rings. The van der Waals surface area contributed by atoms with E-state index in [1.807, 2.05) is 26.0 Å². The van der Waals surface area contributed by atoms with E-state index in [4.69, 9.17) is 14.2 Å². The normalized spacial score (nSPS) is 11.5. The molecular formula is C27H23N5O2. The highest BCUT2D eigenvalue weighted by Crippen LogP contribution is 2.41. The van der Waals surface area contributed by atoms with Gasteiger partial charge in [-0.25, -0.2) is 9.97 Å². The molecule has 6 aromatic rings. The molecule has 0 saturated heterocycles. The lowest BCUT2D eigenvalue weighted by atomic mass is 10.0. The maximum absolute atomic E-state index is 5.81. The highest BCUT2D eigenvalue weighted by atomic mass is 16.5. The second kappa shape index (κ2) is 7.88. The van der Waals surface area contributed by atoms with Crippen LogP contribution in [0.4, 0.5) is 0 Å². The average Bonchev–Trinajstić information content (AvgIpc) is 3.55. The van der Waals surface area contributed by atoms with Crippen LogP contribution in [-0.4, -0.2) is 31.8 Å². The van der Waals surface area contributed by atoms with Crippen LogP contribution >= 0.6 is 0 Å². The first kappa shape index (κ1) is 20.2. The third-order valence-corrected chi connectivity index (χ3v) is 6.28. The summed E-state index contributed by atoms with van der Waals surface area (Å²) in [5.41, 5.74) is 7.58. The monoisotopic (exact) mass is 449 g/mol. The van der Waals surface area contributed by atoms with Gasteiger partial charge in [-0.1, -0.05) is 35.5 Å². The van der Waals surface area contributed by atoms with Gasteiger partial charge in [-0.15, -0.1) is 0 Å². The fraction of sp³-hybridized carbons (Fsp3) is 0.148. The molecule has 1 N–H and O–H groups in total. The third-order valence-electron chi connectivity index (χ3n) is 6.28. The average molecular weight is 450 g/mol. The molecule has 0 bridgehead atoms. The van der Waals surface area contributed by atoms with E-state index >= 15 is 0 Å². The van der Waals surface area contributed by atoms with Crippen LogP contribution in [-0.2, 0) is 6.54 Å². The zero-order valence-electron chi connectivity index (χ0n) is 19.2. The number of hydrogen-bond acceptors (Lipinski definition) is 5. The number of H-pyrrole nitrogens is 1. The van der Waals surface area contributed by atoms with Gasteiger partial charge in [-0.3, -0.25) is 0 Å². The maximum Gasteiger partial charge on any atom is 0.142 e. The summed E-state index contributed by atoms with van der Waals surface area (Å²) in [5.74, 6) is 1.50. The summed E-state index contributed by atoms with van der Waals surface area (Å²) in [5, 5.41) is 6.09. The molecule has 4 aromatic heterocycles. The first-order valence-corrected chi connectivity index (χ1v) is 11.1. The molecule has 0 aliphatic carbocycles. The Morgan fingerprint density at radius 1 is 1.03 bits per heavy atom. The minimum Gasteiger partial charge on any atom is -0.496 e. The van der Waals surface area contributed by atoms with E-state index in [-0.39, 0.29) is 0 Å². The zero-order valence-corrected chi connectivity index (χ0v) is 19.2. The first-order chi connectivity index (χ1) is 16.6. The Bertz CT molecular complexity index is 1620. The molecule has 0 unspecified atom stereocenters. The maximum atomic E-state index is 5.81. The van der Waals surface area contributed by atoms with E-state index in [0.717, 1.165) is 68.2 Å². The van der Waals surface area contributed by atoms with E-state index in [2.05, 4.69) is 68.4 Å². The van der Waals surface area contributed by atoms with Gasteiger partial charge >= 0.3 is 0 Å². The van der Waals surface area contributed by atoms with Crippen LogP contribution in [0.2, 0.25) is 0 Å². The van der Waals surface area contributed by atoms with Crippen LogP contribution in [0.1, 0.15) is 17.0 Å². The summed E-state index contributed by atoms with van der Waals surface area (Å²) in [6.45, 7) is 4.61. The Labute approximate surface area is 196 Å². The number of aromatic nitrogens is 5. The topological polar surface area (TPSA) is 81.8 Å². The van der Waals surface area contributed by atoms with Gasteiger partial charge in [0.2, 0.25) is 0 Å². The van der Waals surface area contributed by atoms with Crippen LogP contribution in [0.25, 0.3) is 44.5 Å². The lowest BCUT2D eigenvalue weighted by Gasteiger charge is -2.11. The predicted octanol–water partition coefficient (Wildman–Crippen LogP) is 5.91. The van der Waals surface area contributed by atoms with Crippen molar-refractivity contribution in [1.82, 2.24) is 24.7 Å². The largest absolute Gasteiger partial charge is 0.496 e. The van der Waals surface area contributed by atoms with Gasteiger partial charge in [-0.05, 0) is 43.7 Å². The van der Waals surface area contributed by atoms with Crippen molar-refractivity contribution in [2.75, 3.05) is 7.11 Å². The summed E-state index contributed by atoms with van der Waals surface area (Å²) >= 11 is 0. The van der Waals surface area contributed by atoms with Crippen molar-refractivity contribution in [3.8, 4) is 28.3 Å². The van der Waals surface area contributed by atoms with Crippen molar-refractivity contribution < 1.29 is 9.26 Å². The molecule has 0 saturated carbocycles. The number of aromatic amines is 1. The van der Waals surface area contributed by atoms with Crippen molar-refractivity contribution in [2.45, 2.75) is 20.4 Å². The first-order valence-electron chi connectivity index (χ1n) is 11.1. The molecule has 168 valence electrons. The number of benzene rings is 2. The quantitative estimate of drug-likeness (QED) is 0.354. The number of nitrogens with zero attached hydrogens (tertiary/aromatic N) is 4. The Hall–Kier alpha value is -4.39. The van der Waals surface area contributed by atoms with E-state index < -0.39 is 0 Å². The number of fused-ring (bicyclic) bond motifs is 3. The second-order valence-corrected chi connectivity index (χ2v) is 8.38. The minimum absolute atomic E-state index is 0.747. The number of hydrogen-bond donors (Lipinski definition) is 1. The van der Waals surface area contributed by atoms with Gasteiger partial charge in [0.1, 0.15) is 29.2 Å². The van der Waals surface area contributed by atoms with E-state index in [0.29, 0.717) is 0 Å². The fourth-order valence-electron chi connectivity index (χ4n) is 4.73. The second-order valence-electron chi connectivity index (χ2n) is 8.38. The third kappa shape index (κ3) is 3.16. The van der Waals surface area contributed by atoms with Gasteiger partial charge < -0.3 is 18.8 Å². The molecule has 2 aromatic carbocycles. The van der Waals surface area contributed by atoms with Crippen molar-refractivity contribution in [3.05, 3.63) is 84.1 Å². The summed E-state index contributed by atoms with van der Waals surface area (Å²) in [7, 11) is 1.68. The van der Waals surface area contributed by atoms with Crippen molar-refractivity contribution in [2.24, 2.45) is 0 Å². The Balaban J connectivity index is 1.56. The zero-order chi connectivity index (χ0) is 23.2. The smallest absolute Gasteiger partial charge is 0.142 e. The Kier molecular flexibility index (Phi) is 4.69. The van der Waals surface area contributed by atoms with Gasteiger partial charge in [0.15, 0.2) is 0 Å². The summed E-state index contributed by atoms with van der Waals surface area (Å²) in [4.78, 5) is 12.7. The number of methoxy groups -OCH3 is 1. The van der Waals surface area contributed by atoms with Crippen molar-refractivity contribution in [1.29, 1.82) is 0 Å². The SMILES string of the molecule is COc1cc2c(cc1-c1c(C)noc1C)[nH]c1ncnc(-c3cccn3Cc3ccccc3)c12. The number of nitrogens with one attached hydrogen (secondary N) is 1. The molecule has 0 spiro atoms. The number of rotatable bonds is 5. The lowest BCUT2D eigenvalue weighted by molar-refractivity contribution is 0.393. The summed E-state index contributed by atoms with van der Waals surface area (Å²) < 4.78 is 13.4. The van der Waals surface area contributed by atoms with Gasteiger partial charge in [0.25, 0.3) is 0 Å². The van der Waals surface area contributed by atoms with Crippen LogP contribution in [0.5, 0.6) is 5.75 Å². The van der Waals surface area contributed by atoms with E-state index in [9.17, 15) is 0 Å². The van der Waals surface area contributed by atoms with Crippen LogP contribution in [0.3, 0.4) is 0 Å². The molecule has 4 heterocycles. The molecule has 6 rings (SSSR count). The van der Waals surface area contributed by atoms with Crippen LogP contribution < -0.4 is 4.74 Å². The summed E-state index contributed by atoms with van der Waals surface area (Å²) in [6, 6.07) is 18.7. The molecule has 0 aliphatic heterocycles. The molecular weight excluding hydrogens is 426 g/mol. The van der Waals surface area contributed by atoms with Crippen LogP contribution in [0, 0.1) is 13.8 Å². The molecule has 7 heteroatoms. The number of aryl methyl sites for hydroxylation is 2. The van der Waals surface area contributed by atoms with Gasteiger partial charge in [0, 0.05) is 29.2 Å². The van der Waals surface area contributed by atoms with Crippen molar-refractivity contribution >= 4 is 21.9 Å². The van der Waals surface area contributed by atoms with Gasteiger partial charge in [0.05, 0.1) is 29.4 Å². The molecule has 0 atom stereocenters. The Morgan fingerprint density at radius 3 is 2.65 bits per heavy atom. The fourth-order valence-corrected chi connectivity index (χ4v) is 4.73. The molecule has 0 radical (unpaired) electrons. The molecule has 7 nitrogen and oxygen atoms in total. The number of ether oxygens (including phenoxy) is 1. The van der Waals surface area contributed by atoms with Gasteiger partial charge in [-0.2, -0.15) is 0 Å². The van der Waals surface area contributed by atoms with Crippen molar-refractivity contribution in [3.63, 3.8) is 0 Å². The highest BCUT2D eigenvalue weighted by Gasteiger charge is 2.21. The standard InChI is InChI=1S/C27H23N5O2/c1-16-24(17(2)34-31-16)20-12-21-19(13-23(20)33-3)25-26(28-15-29-27(25)30-21)22-10-7-11-32(22)14-18-8-5-4-6-9-18/h4-13,15H,14H2,1-3H3,(H,28,29,30). The predicted molar refractivity (Wildman–Crippen MR) is 132 cm³/mol. The lowest BCUT2D eigenvalue weighted by Crippen LogP contribution is -2.01. The molecule has 34 heavy (non-hydrogen) atoms. The van der Waals surface area contributed by atoms with E-state index in [1.54, 1.807) is 13.4 Å². The highest BCUT2D eigenvalue weighted by molar-refractivity contribution is 6.13. The minimum atomic E-state index is 0.747. The molecule has 0 fully saturated rings.